The summed E-state index contributed by atoms with van der Waals surface area (Å²) in [4.78, 5) is 25.0. The zero-order valence-corrected chi connectivity index (χ0v) is 13.3. The maximum Gasteiger partial charge on any atom is 0.307 e. The molecular formula is C18H24N2O3. The van der Waals surface area contributed by atoms with Crippen molar-refractivity contribution in [3.05, 3.63) is 29.8 Å². The van der Waals surface area contributed by atoms with E-state index in [0.717, 1.165) is 50.9 Å². The third-order valence-corrected chi connectivity index (χ3v) is 4.74. The number of nitrogens with zero attached hydrogens (tertiary/aromatic N) is 1. The Kier molecular flexibility index (Phi) is 4.96. The lowest BCUT2D eigenvalue weighted by Crippen LogP contribution is -2.39. The van der Waals surface area contributed by atoms with Crippen molar-refractivity contribution in [3.8, 4) is 0 Å². The highest BCUT2D eigenvalue weighted by Crippen LogP contribution is 2.30. The van der Waals surface area contributed by atoms with Gasteiger partial charge in [0, 0.05) is 24.7 Å². The Hall–Kier alpha value is -1.88. The molecule has 0 aromatic heterocycles. The zero-order chi connectivity index (χ0) is 16.2. The first-order valence-corrected chi connectivity index (χ1v) is 8.47. The van der Waals surface area contributed by atoms with Crippen LogP contribution in [0.1, 0.15) is 31.2 Å². The van der Waals surface area contributed by atoms with Crippen LogP contribution in [0.3, 0.4) is 0 Å². The molecule has 1 aliphatic carbocycles. The van der Waals surface area contributed by atoms with Crippen molar-refractivity contribution in [2.45, 2.75) is 32.1 Å². The second-order valence-corrected chi connectivity index (χ2v) is 6.69. The van der Waals surface area contributed by atoms with Crippen LogP contribution in [0.5, 0.6) is 0 Å². The standard InChI is InChI=1S/C18H24N2O3/c21-17(14-5-6-14)19-16-7-3-13(4-8-16)9-11-20-10-1-2-15(12-20)18(22)23/h3-4,7-8,14-15H,1-2,5-6,9-12H2,(H,19,21)(H,22,23). The third-order valence-electron chi connectivity index (χ3n) is 4.74. The van der Waals surface area contributed by atoms with Gasteiger partial charge >= 0.3 is 5.97 Å². The van der Waals surface area contributed by atoms with E-state index in [1.165, 1.54) is 5.56 Å². The van der Waals surface area contributed by atoms with Crippen molar-refractivity contribution in [3.63, 3.8) is 0 Å². The molecule has 124 valence electrons. The Morgan fingerprint density at radius 1 is 1.13 bits per heavy atom. The zero-order valence-electron chi connectivity index (χ0n) is 13.3. The van der Waals surface area contributed by atoms with Crippen molar-refractivity contribution in [2.75, 3.05) is 25.0 Å². The summed E-state index contributed by atoms with van der Waals surface area (Å²) < 4.78 is 0. The van der Waals surface area contributed by atoms with Gasteiger partial charge in [-0.25, -0.2) is 0 Å². The van der Waals surface area contributed by atoms with Gasteiger partial charge in [0.15, 0.2) is 0 Å². The molecule has 1 unspecified atom stereocenters. The number of aliphatic carboxylic acids is 1. The molecule has 0 spiro atoms. The predicted octanol–water partition coefficient (Wildman–Crippen LogP) is 2.37. The third kappa shape index (κ3) is 4.55. The molecule has 1 aliphatic heterocycles. The number of likely N-dealkylation sites (tertiary alicyclic amines) is 1. The molecule has 1 aromatic rings. The minimum Gasteiger partial charge on any atom is -0.481 e. The number of anilines is 1. The lowest BCUT2D eigenvalue weighted by atomic mass is 9.98. The van der Waals surface area contributed by atoms with E-state index in [0.29, 0.717) is 6.54 Å². The SMILES string of the molecule is O=C(O)C1CCCN(CCc2ccc(NC(=O)C3CC3)cc2)C1. The molecule has 0 radical (unpaired) electrons. The largest absolute Gasteiger partial charge is 0.481 e. The molecule has 1 saturated heterocycles. The molecule has 1 heterocycles. The summed E-state index contributed by atoms with van der Waals surface area (Å²) in [5.74, 6) is -0.545. The number of piperidine rings is 1. The molecule has 2 aliphatic rings. The first kappa shape index (κ1) is 16.0. The lowest BCUT2D eigenvalue weighted by Gasteiger charge is -2.30. The van der Waals surface area contributed by atoms with Gasteiger partial charge in [0.25, 0.3) is 0 Å². The fourth-order valence-electron chi connectivity index (χ4n) is 3.09. The van der Waals surface area contributed by atoms with E-state index < -0.39 is 5.97 Å². The Labute approximate surface area is 136 Å². The monoisotopic (exact) mass is 316 g/mol. The second-order valence-electron chi connectivity index (χ2n) is 6.69. The fraction of sp³-hybridized carbons (Fsp3) is 0.556. The highest BCUT2D eigenvalue weighted by atomic mass is 16.4. The summed E-state index contributed by atoms with van der Waals surface area (Å²) in [5, 5.41) is 12.1. The van der Waals surface area contributed by atoms with Gasteiger partial charge in [-0.15, -0.1) is 0 Å². The van der Waals surface area contributed by atoms with Crippen molar-refractivity contribution in [1.29, 1.82) is 0 Å². The number of benzene rings is 1. The van der Waals surface area contributed by atoms with Crippen LogP contribution in [0, 0.1) is 11.8 Å². The van der Waals surface area contributed by atoms with Crippen molar-refractivity contribution < 1.29 is 14.7 Å². The van der Waals surface area contributed by atoms with E-state index in [-0.39, 0.29) is 17.7 Å². The van der Waals surface area contributed by atoms with Crippen LogP contribution >= 0.6 is 0 Å². The second kappa shape index (κ2) is 7.13. The van der Waals surface area contributed by atoms with Crippen LogP contribution in [0.4, 0.5) is 5.69 Å². The molecular weight excluding hydrogens is 292 g/mol. The number of nitrogens with one attached hydrogen (secondary N) is 1. The van der Waals surface area contributed by atoms with Gasteiger partial charge in [0.1, 0.15) is 0 Å². The summed E-state index contributed by atoms with van der Waals surface area (Å²) >= 11 is 0. The van der Waals surface area contributed by atoms with E-state index in [1.54, 1.807) is 0 Å². The van der Waals surface area contributed by atoms with Gasteiger partial charge < -0.3 is 15.3 Å². The van der Waals surface area contributed by atoms with E-state index in [1.807, 2.05) is 24.3 Å². The van der Waals surface area contributed by atoms with Crippen LogP contribution in [0.2, 0.25) is 0 Å². The number of carboxylic acid groups (broad SMARTS) is 1. The van der Waals surface area contributed by atoms with E-state index >= 15 is 0 Å². The number of amides is 1. The number of hydrogen-bond acceptors (Lipinski definition) is 3. The number of hydrogen-bond donors (Lipinski definition) is 2. The highest BCUT2D eigenvalue weighted by molar-refractivity contribution is 5.93. The van der Waals surface area contributed by atoms with Crippen LogP contribution < -0.4 is 5.32 Å². The number of rotatable bonds is 6. The average Bonchev–Trinajstić information content (AvgIpc) is 3.39. The summed E-state index contributed by atoms with van der Waals surface area (Å²) in [7, 11) is 0. The summed E-state index contributed by atoms with van der Waals surface area (Å²) in [6.07, 6.45) is 4.68. The maximum absolute atomic E-state index is 11.7. The molecule has 0 bridgehead atoms. The molecule has 1 saturated carbocycles. The summed E-state index contributed by atoms with van der Waals surface area (Å²) in [5.41, 5.74) is 2.07. The Morgan fingerprint density at radius 3 is 2.52 bits per heavy atom. The first-order valence-electron chi connectivity index (χ1n) is 8.47. The Bertz CT molecular complexity index is 566. The van der Waals surface area contributed by atoms with Gasteiger partial charge in [0.05, 0.1) is 5.92 Å². The topological polar surface area (TPSA) is 69.6 Å². The first-order chi connectivity index (χ1) is 11.1. The molecule has 2 N–H and O–H groups in total. The van der Waals surface area contributed by atoms with Gasteiger partial charge in [-0.05, 0) is 56.3 Å². The quantitative estimate of drug-likeness (QED) is 0.845. The average molecular weight is 316 g/mol. The van der Waals surface area contributed by atoms with Crippen LogP contribution in [-0.2, 0) is 16.0 Å². The Balaban J connectivity index is 1.46. The molecule has 1 aromatic carbocycles. The molecule has 1 amide bonds. The maximum atomic E-state index is 11.7. The number of carbonyl (C=O) groups is 2. The molecule has 23 heavy (non-hydrogen) atoms. The van der Waals surface area contributed by atoms with E-state index in [2.05, 4.69) is 10.2 Å². The van der Waals surface area contributed by atoms with E-state index in [4.69, 9.17) is 5.11 Å². The van der Waals surface area contributed by atoms with Crippen molar-refractivity contribution in [1.82, 2.24) is 4.90 Å². The molecule has 5 nitrogen and oxygen atoms in total. The number of carboxylic acids is 1. The van der Waals surface area contributed by atoms with Gasteiger partial charge in [-0.1, -0.05) is 12.1 Å². The Morgan fingerprint density at radius 2 is 1.87 bits per heavy atom. The normalized spacial score (nSPS) is 21.8. The van der Waals surface area contributed by atoms with Gasteiger partial charge in [-0.2, -0.15) is 0 Å². The van der Waals surface area contributed by atoms with Gasteiger partial charge in [-0.3, -0.25) is 9.59 Å². The summed E-state index contributed by atoms with van der Waals surface area (Å²) in [6.45, 7) is 2.53. The lowest BCUT2D eigenvalue weighted by molar-refractivity contribution is -0.143. The fourth-order valence-corrected chi connectivity index (χ4v) is 3.09. The van der Waals surface area contributed by atoms with Crippen LogP contribution in [0.15, 0.2) is 24.3 Å². The van der Waals surface area contributed by atoms with Crippen molar-refractivity contribution >= 4 is 17.6 Å². The number of carbonyl (C=O) groups excluding carboxylic acids is 1. The molecule has 1 atom stereocenters. The minimum absolute atomic E-state index is 0.130. The van der Waals surface area contributed by atoms with Gasteiger partial charge in [0.2, 0.25) is 5.91 Å². The van der Waals surface area contributed by atoms with Crippen molar-refractivity contribution in [2.24, 2.45) is 11.8 Å². The van der Waals surface area contributed by atoms with Crippen LogP contribution in [-0.4, -0.2) is 41.5 Å². The van der Waals surface area contributed by atoms with Crippen LogP contribution in [0.25, 0.3) is 0 Å². The smallest absolute Gasteiger partial charge is 0.307 e. The highest BCUT2D eigenvalue weighted by Gasteiger charge is 2.29. The predicted molar refractivity (Wildman–Crippen MR) is 88.3 cm³/mol. The molecule has 5 heteroatoms. The molecule has 2 fully saturated rings. The molecule has 3 rings (SSSR count). The minimum atomic E-state index is -0.676. The summed E-state index contributed by atoms with van der Waals surface area (Å²) in [6, 6.07) is 7.99. The van der Waals surface area contributed by atoms with E-state index in [9.17, 15) is 9.59 Å².